The molecule has 1 aromatic heterocycles. The van der Waals surface area contributed by atoms with E-state index in [0.29, 0.717) is 6.04 Å². The minimum atomic E-state index is 0.613. The van der Waals surface area contributed by atoms with E-state index in [1.807, 2.05) is 6.20 Å². The lowest BCUT2D eigenvalue weighted by Crippen LogP contribution is -2.27. The second kappa shape index (κ2) is 5.85. The Morgan fingerprint density at radius 2 is 2.29 bits per heavy atom. The summed E-state index contributed by atoms with van der Waals surface area (Å²) in [5, 5.41) is 3.58. The summed E-state index contributed by atoms with van der Waals surface area (Å²) >= 11 is 3.49. The summed E-state index contributed by atoms with van der Waals surface area (Å²) in [6, 6.07) is 2.74. The Morgan fingerprint density at radius 1 is 1.47 bits per heavy atom. The Kier molecular flexibility index (Phi) is 4.43. The number of halogens is 1. The van der Waals surface area contributed by atoms with Crippen molar-refractivity contribution < 1.29 is 0 Å². The summed E-state index contributed by atoms with van der Waals surface area (Å²) in [5.74, 6) is 1.92. The normalized spacial score (nSPS) is 24.6. The minimum Gasteiger partial charge on any atom is -0.367 e. The molecule has 1 N–H and O–H groups in total. The van der Waals surface area contributed by atoms with Gasteiger partial charge in [-0.05, 0) is 53.2 Å². The smallest absolute Gasteiger partial charge is 0.126 e. The lowest BCUT2D eigenvalue weighted by atomic mass is 9.84. The Morgan fingerprint density at radius 3 is 3.00 bits per heavy atom. The summed E-state index contributed by atoms with van der Waals surface area (Å²) in [4.78, 5) is 4.43. The molecule has 1 aliphatic carbocycles. The fraction of sp³-hybridized carbons (Fsp3) is 0.643. The molecule has 0 saturated heterocycles. The molecular formula is C14H21BrN2. The van der Waals surface area contributed by atoms with Crippen molar-refractivity contribution in [2.75, 3.05) is 5.32 Å². The summed E-state index contributed by atoms with van der Waals surface area (Å²) in [6.07, 6.45) is 8.54. The van der Waals surface area contributed by atoms with E-state index in [1.54, 1.807) is 0 Å². The van der Waals surface area contributed by atoms with Crippen molar-refractivity contribution in [1.29, 1.82) is 0 Å². The van der Waals surface area contributed by atoms with Gasteiger partial charge in [0.1, 0.15) is 5.82 Å². The third kappa shape index (κ3) is 3.44. The van der Waals surface area contributed by atoms with Crippen LogP contribution in [0.2, 0.25) is 0 Å². The fourth-order valence-corrected chi connectivity index (χ4v) is 2.84. The van der Waals surface area contributed by atoms with Gasteiger partial charge in [-0.3, -0.25) is 0 Å². The first-order valence-corrected chi connectivity index (χ1v) is 7.37. The van der Waals surface area contributed by atoms with Crippen LogP contribution in [-0.2, 0) is 0 Å². The SMILES string of the molecule is CCC1CCCC(Nc2cc(C)c(Br)cn2)C1. The maximum atomic E-state index is 4.43. The standard InChI is InChI=1S/C14H21BrN2/c1-3-11-5-4-6-12(8-11)17-14-7-10(2)13(15)9-16-14/h7,9,11-12H,3-6,8H2,1-2H3,(H,16,17). The fourth-order valence-electron chi connectivity index (χ4n) is 2.62. The zero-order valence-electron chi connectivity index (χ0n) is 10.7. The van der Waals surface area contributed by atoms with Crippen LogP contribution in [-0.4, -0.2) is 11.0 Å². The average Bonchev–Trinajstić information content (AvgIpc) is 2.34. The number of pyridine rings is 1. The molecule has 1 heterocycles. The van der Waals surface area contributed by atoms with Gasteiger partial charge in [0.2, 0.25) is 0 Å². The predicted octanol–water partition coefficient (Wildman–Crippen LogP) is 4.53. The average molecular weight is 297 g/mol. The van der Waals surface area contributed by atoms with Crippen molar-refractivity contribution in [2.45, 2.75) is 52.0 Å². The molecule has 94 valence electrons. The number of aromatic nitrogens is 1. The number of hydrogen-bond acceptors (Lipinski definition) is 2. The van der Waals surface area contributed by atoms with Gasteiger partial charge in [-0.2, -0.15) is 0 Å². The van der Waals surface area contributed by atoms with Gasteiger partial charge in [0, 0.05) is 16.7 Å². The maximum Gasteiger partial charge on any atom is 0.126 e. The van der Waals surface area contributed by atoms with Crippen LogP contribution in [0.5, 0.6) is 0 Å². The molecule has 0 aromatic carbocycles. The van der Waals surface area contributed by atoms with Crippen molar-refractivity contribution in [3.05, 3.63) is 22.3 Å². The van der Waals surface area contributed by atoms with Gasteiger partial charge in [-0.15, -0.1) is 0 Å². The summed E-state index contributed by atoms with van der Waals surface area (Å²) < 4.78 is 1.08. The molecule has 1 fully saturated rings. The number of anilines is 1. The van der Waals surface area contributed by atoms with E-state index < -0.39 is 0 Å². The van der Waals surface area contributed by atoms with Crippen LogP contribution < -0.4 is 5.32 Å². The summed E-state index contributed by atoms with van der Waals surface area (Å²) in [7, 11) is 0. The molecule has 0 spiro atoms. The van der Waals surface area contributed by atoms with Crippen molar-refractivity contribution >= 4 is 21.7 Å². The topological polar surface area (TPSA) is 24.9 Å². The van der Waals surface area contributed by atoms with Gasteiger partial charge in [0.05, 0.1) is 0 Å². The Labute approximate surface area is 112 Å². The first kappa shape index (κ1) is 12.9. The van der Waals surface area contributed by atoms with E-state index in [9.17, 15) is 0 Å². The summed E-state index contributed by atoms with van der Waals surface area (Å²) in [6.45, 7) is 4.40. The van der Waals surface area contributed by atoms with E-state index in [0.717, 1.165) is 16.2 Å². The van der Waals surface area contributed by atoms with Crippen LogP contribution in [0.4, 0.5) is 5.82 Å². The zero-order chi connectivity index (χ0) is 12.3. The second-order valence-electron chi connectivity index (χ2n) is 5.10. The minimum absolute atomic E-state index is 0.613. The largest absolute Gasteiger partial charge is 0.367 e. The third-order valence-corrected chi connectivity index (χ3v) is 4.59. The highest BCUT2D eigenvalue weighted by molar-refractivity contribution is 9.10. The molecule has 1 saturated carbocycles. The van der Waals surface area contributed by atoms with Gasteiger partial charge in [-0.1, -0.05) is 26.2 Å². The Balaban J connectivity index is 1.97. The molecule has 3 heteroatoms. The van der Waals surface area contributed by atoms with Gasteiger partial charge < -0.3 is 5.32 Å². The Hall–Kier alpha value is -0.570. The molecule has 0 amide bonds. The molecule has 0 bridgehead atoms. The molecule has 2 nitrogen and oxygen atoms in total. The monoisotopic (exact) mass is 296 g/mol. The number of aryl methyl sites for hydroxylation is 1. The van der Waals surface area contributed by atoms with Gasteiger partial charge >= 0.3 is 0 Å². The van der Waals surface area contributed by atoms with E-state index in [2.05, 4.69) is 46.1 Å². The number of nitrogens with zero attached hydrogens (tertiary/aromatic N) is 1. The first-order valence-electron chi connectivity index (χ1n) is 6.57. The molecule has 0 radical (unpaired) electrons. The maximum absolute atomic E-state index is 4.43. The lowest BCUT2D eigenvalue weighted by Gasteiger charge is -2.29. The number of rotatable bonds is 3. The van der Waals surface area contributed by atoms with Gasteiger partial charge in [0.25, 0.3) is 0 Å². The summed E-state index contributed by atoms with van der Waals surface area (Å²) in [5.41, 5.74) is 1.24. The van der Waals surface area contributed by atoms with E-state index in [1.165, 1.54) is 37.7 Å². The number of nitrogens with one attached hydrogen (secondary N) is 1. The molecule has 0 aliphatic heterocycles. The molecule has 2 atom stereocenters. The van der Waals surface area contributed by atoms with Crippen molar-refractivity contribution in [2.24, 2.45) is 5.92 Å². The molecule has 2 rings (SSSR count). The van der Waals surface area contributed by atoms with Crippen molar-refractivity contribution in [3.8, 4) is 0 Å². The Bertz CT molecular complexity index is 378. The van der Waals surface area contributed by atoms with Crippen LogP contribution >= 0.6 is 15.9 Å². The molecule has 17 heavy (non-hydrogen) atoms. The van der Waals surface area contributed by atoms with Crippen molar-refractivity contribution in [1.82, 2.24) is 4.98 Å². The molecule has 2 unspecified atom stereocenters. The highest BCUT2D eigenvalue weighted by Gasteiger charge is 2.20. The highest BCUT2D eigenvalue weighted by Crippen LogP contribution is 2.28. The molecule has 1 aliphatic rings. The van der Waals surface area contributed by atoms with Crippen LogP contribution in [0.25, 0.3) is 0 Å². The number of hydrogen-bond donors (Lipinski definition) is 1. The molecule has 1 aromatic rings. The molecular weight excluding hydrogens is 276 g/mol. The zero-order valence-corrected chi connectivity index (χ0v) is 12.3. The van der Waals surface area contributed by atoms with Crippen LogP contribution in [0.15, 0.2) is 16.7 Å². The van der Waals surface area contributed by atoms with Crippen molar-refractivity contribution in [3.63, 3.8) is 0 Å². The highest BCUT2D eigenvalue weighted by atomic mass is 79.9. The van der Waals surface area contributed by atoms with Crippen LogP contribution in [0.1, 0.15) is 44.6 Å². The second-order valence-corrected chi connectivity index (χ2v) is 5.96. The lowest BCUT2D eigenvalue weighted by molar-refractivity contribution is 0.327. The van der Waals surface area contributed by atoms with E-state index in [-0.39, 0.29) is 0 Å². The van der Waals surface area contributed by atoms with Gasteiger partial charge in [-0.25, -0.2) is 4.98 Å². The first-order chi connectivity index (χ1) is 8.19. The quantitative estimate of drug-likeness (QED) is 0.886. The van der Waals surface area contributed by atoms with Crippen LogP contribution in [0, 0.1) is 12.8 Å². The van der Waals surface area contributed by atoms with Gasteiger partial charge in [0.15, 0.2) is 0 Å². The van der Waals surface area contributed by atoms with E-state index in [4.69, 9.17) is 0 Å². The van der Waals surface area contributed by atoms with Crippen LogP contribution in [0.3, 0.4) is 0 Å². The predicted molar refractivity (Wildman–Crippen MR) is 76.3 cm³/mol. The van der Waals surface area contributed by atoms with E-state index >= 15 is 0 Å². The third-order valence-electron chi connectivity index (χ3n) is 3.76.